The molecule has 106 valence electrons. The number of aliphatic carboxylic acids is 1. The Labute approximate surface area is 115 Å². The van der Waals surface area contributed by atoms with E-state index in [0.717, 1.165) is 6.42 Å². The van der Waals surface area contributed by atoms with E-state index in [2.05, 4.69) is 10.5 Å². The Morgan fingerprint density at radius 1 is 1.40 bits per heavy atom. The van der Waals surface area contributed by atoms with Crippen LogP contribution in [-0.2, 0) is 16.1 Å². The van der Waals surface area contributed by atoms with Gasteiger partial charge in [0.15, 0.2) is 0 Å². The summed E-state index contributed by atoms with van der Waals surface area (Å²) in [5.74, 6) is -1.48. The van der Waals surface area contributed by atoms with Crippen molar-refractivity contribution in [3.05, 3.63) is 29.7 Å². The summed E-state index contributed by atoms with van der Waals surface area (Å²) in [6.45, 7) is 2.04. The Bertz CT molecular complexity index is 577. The maximum absolute atomic E-state index is 12.3. The largest absolute Gasteiger partial charge is 0.481 e. The van der Waals surface area contributed by atoms with E-state index in [-0.39, 0.29) is 24.3 Å². The van der Waals surface area contributed by atoms with E-state index in [9.17, 15) is 14.7 Å². The van der Waals surface area contributed by atoms with Crippen LogP contribution in [0.15, 0.2) is 22.7 Å². The van der Waals surface area contributed by atoms with Crippen LogP contribution in [0.3, 0.4) is 0 Å². The highest BCUT2D eigenvalue weighted by Gasteiger charge is 2.51. The maximum atomic E-state index is 12.3. The monoisotopic (exact) mass is 276 g/mol. The van der Waals surface area contributed by atoms with Gasteiger partial charge in [0, 0.05) is 6.07 Å². The first-order valence-electron chi connectivity index (χ1n) is 6.67. The lowest BCUT2D eigenvalue weighted by Gasteiger charge is -2.23. The number of aromatic nitrogens is 1. The van der Waals surface area contributed by atoms with Crippen LogP contribution >= 0.6 is 0 Å². The number of fused-ring (bicyclic) bond motifs is 2. The minimum atomic E-state index is -0.890. The van der Waals surface area contributed by atoms with Gasteiger partial charge in [-0.3, -0.25) is 9.59 Å². The second-order valence-corrected chi connectivity index (χ2v) is 5.48. The fourth-order valence-corrected chi connectivity index (χ4v) is 3.31. The Balaban J connectivity index is 1.67. The minimum absolute atomic E-state index is 0.0115. The van der Waals surface area contributed by atoms with Gasteiger partial charge in [-0.15, -0.1) is 0 Å². The van der Waals surface area contributed by atoms with E-state index in [1.807, 2.05) is 12.2 Å². The quantitative estimate of drug-likeness (QED) is 0.804. The van der Waals surface area contributed by atoms with Gasteiger partial charge in [0.05, 0.1) is 18.4 Å². The molecule has 3 rings (SSSR count). The standard InChI is InChI=1S/C14H16N2O4/c1-7-4-10(16-20-7)6-15-13(17)11-8-2-3-9(5-8)12(11)14(18)19/h2-4,8-9,11-12H,5-6H2,1H3,(H,15,17)(H,18,19). The van der Waals surface area contributed by atoms with Crippen molar-refractivity contribution in [2.75, 3.05) is 0 Å². The first-order chi connectivity index (χ1) is 9.56. The highest BCUT2D eigenvalue weighted by molar-refractivity contribution is 5.86. The van der Waals surface area contributed by atoms with Crippen LogP contribution in [0.1, 0.15) is 17.9 Å². The number of amides is 1. The fourth-order valence-electron chi connectivity index (χ4n) is 3.31. The predicted octanol–water partition coefficient (Wildman–Crippen LogP) is 1.12. The summed E-state index contributed by atoms with van der Waals surface area (Å²) >= 11 is 0. The summed E-state index contributed by atoms with van der Waals surface area (Å²) in [5, 5.41) is 15.9. The molecule has 1 amide bonds. The molecular weight excluding hydrogens is 260 g/mol. The molecule has 1 aromatic rings. The molecule has 2 bridgehead atoms. The summed E-state index contributed by atoms with van der Waals surface area (Å²) < 4.78 is 4.92. The lowest BCUT2D eigenvalue weighted by Crippen LogP contribution is -2.39. The van der Waals surface area contributed by atoms with Crippen LogP contribution in [0, 0.1) is 30.6 Å². The van der Waals surface area contributed by atoms with Crippen molar-refractivity contribution in [2.45, 2.75) is 19.9 Å². The van der Waals surface area contributed by atoms with Crippen LogP contribution in [0.2, 0.25) is 0 Å². The minimum Gasteiger partial charge on any atom is -0.481 e. The van der Waals surface area contributed by atoms with E-state index in [4.69, 9.17) is 4.52 Å². The summed E-state index contributed by atoms with van der Waals surface area (Å²) in [4.78, 5) is 23.6. The molecule has 1 saturated carbocycles. The van der Waals surface area contributed by atoms with Gasteiger partial charge in [-0.05, 0) is 25.2 Å². The van der Waals surface area contributed by atoms with Gasteiger partial charge < -0.3 is 14.9 Å². The number of carboxylic acid groups (broad SMARTS) is 1. The lowest BCUT2D eigenvalue weighted by molar-refractivity contribution is -0.147. The molecule has 0 aromatic carbocycles. The van der Waals surface area contributed by atoms with Crippen LogP contribution in [0.5, 0.6) is 0 Å². The average molecular weight is 276 g/mol. The highest BCUT2D eigenvalue weighted by Crippen LogP contribution is 2.48. The summed E-state index contributed by atoms with van der Waals surface area (Å²) in [6, 6.07) is 1.75. The lowest BCUT2D eigenvalue weighted by atomic mass is 9.82. The number of hydrogen-bond acceptors (Lipinski definition) is 4. The summed E-state index contributed by atoms with van der Waals surface area (Å²) in [6.07, 6.45) is 4.65. The van der Waals surface area contributed by atoms with Crippen molar-refractivity contribution >= 4 is 11.9 Å². The van der Waals surface area contributed by atoms with Gasteiger partial charge in [0.2, 0.25) is 5.91 Å². The third-order valence-electron chi connectivity index (χ3n) is 4.17. The topological polar surface area (TPSA) is 92.4 Å². The molecule has 2 aliphatic carbocycles. The van der Waals surface area contributed by atoms with E-state index < -0.39 is 17.8 Å². The van der Waals surface area contributed by atoms with Gasteiger partial charge in [0.25, 0.3) is 0 Å². The van der Waals surface area contributed by atoms with Crippen molar-refractivity contribution < 1.29 is 19.2 Å². The van der Waals surface area contributed by atoms with E-state index in [1.165, 1.54) is 0 Å². The number of rotatable bonds is 4. The van der Waals surface area contributed by atoms with Crippen molar-refractivity contribution in [1.82, 2.24) is 10.5 Å². The SMILES string of the molecule is Cc1cc(CNC(=O)C2C3C=CC(C3)C2C(=O)O)no1. The second kappa shape index (κ2) is 4.77. The number of carbonyl (C=O) groups is 2. The first-order valence-corrected chi connectivity index (χ1v) is 6.67. The molecule has 0 aliphatic heterocycles. The third kappa shape index (κ3) is 2.11. The molecule has 2 aliphatic rings. The average Bonchev–Trinajstić information content (AvgIpc) is 3.10. The van der Waals surface area contributed by atoms with Crippen LogP contribution in [0.25, 0.3) is 0 Å². The molecule has 2 N–H and O–H groups in total. The first kappa shape index (κ1) is 12.9. The molecule has 4 unspecified atom stereocenters. The number of carboxylic acids is 1. The smallest absolute Gasteiger partial charge is 0.307 e. The predicted molar refractivity (Wildman–Crippen MR) is 68.4 cm³/mol. The van der Waals surface area contributed by atoms with Crippen molar-refractivity contribution in [3.63, 3.8) is 0 Å². The molecule has 6 heteroatoms. The van der Waals surface area contributed by atoms with Crippen LogP contribution < -0.4 is 5.32 Å². The van der Waals surface area contributed by atoms with E-state index in [0.29, 0.717) is 11.5 Å². The molecule has 1 heterocycles. The zero-order valence-corrected chi connectivity index (χ0v) is 11.1. The molecular formula is C14H16N2O4. The molecule has 20 heavy (non-hydrogen) atoms. The van der Waals surface area contributed by atoms with E-state index >= 15 is 0 Å². The number of hydrogen-bond donors (Lipinski definition) is 2. The van der Waals surface area contributed by atoms with Crippen molar-refractivity contribution in [3.8, 4) is 0 Å². The number of nitrogens with zero attached hydrogens (tertiary/aromatic N) is 1. The maximum Gasteiger partial charge on any atom is 0.307 e. The molecule has 0 saturated heterocycles. The number of nitrogens with one attached hydrogen (secondary N) is 1. The fraction of sp³-hybridized carbons (Fsp3) is 0.500. The Hall–Kier alpha value is -2.11. The second-order valence-electron chi connectivity index (χ2n) is 5.48. The molecule has 0 spiro atoms. The number of allylic oxidation sites excluding steroid dienone is 2. The summed E-state index contributed by atoms with van der Waals surface area (Å²) in [7, 11) is 0. The van der Waals surface area contributed by atoms with E-state index in [1.54, 1.807) is 13.0 Å². The Morgan fingerprint density at radius 3 is 2.70 bits per heavy atom. The van der Waals surface area contributed by atoms with Gasteiger partial charge >= 0.3 is 5.97 Å². The molecule has 4 atom stereocenters. The normalized spacial score (nSPS) is 30.6. The van der Waals surface area contributed by atoms with Gasteiger partial charge in [-0.2, -0.15) is 0 Å². The number of aryl methyl sites for hydroxylation is 1. The molecule has 1 fully saturated rings. The van der Waals surface area contributed by atoms with Gasteiger partial charge in [-0.1, -0.05) is 17.3 Å². The van der Waals surface area contributed by atoms with Gasteiger partial charge in [-0.25, -0.2) is 0 Å². The van der Waals surface area contributed by atoms with Crippen molar-refractivity contribution in [1.29, 1.82) is 0 Å². The zero-order chi connectivity index (χ0) is 14.3. The Morgan fingerprint density at radius 2 is 2.10 bits per heavy atom. The molecule has 6 nitrogen and oxygen atoms in total. The molecule has 0 radical (unpaired) electrons. The zero-order valence-electron chi connectivity index (χ0n) is 11.1. The molecule has 1 aromatic heterocycles. The summed E-state index contributed by atoms with van der Waals surface area (Å²) in [5.41, 5.74) is 0.640. The van der Waals surface area contributed by atoms with Crippen molar-refractivity contribution in [2.24, 2.45) is 23.7 Å². The van der Waals surface area contributed by atoms with Crippen LogP contribution in [0.4, 0.5) is 0 Å². The highest BCUT2D eigenvalue weighted by atomic mass is 16.5. The van der Waals surface area contributed by atoms with Crippen LogP contribution in [-0.4, -0.2) is 22.1 Å². The number of carbonyl (C=O) groups excluding carboxylic acids is 1. The van der Waals surface area contributed by atoms with Gasteiger partial charge in [0.1, 0.15) is 11.5 Å². The Kier molecular flexibility index (Phi) is 3.08. The third-order valence-corrected chi connectivity index (χ3v) is 4.17.